The predicted molar refractivity (Wildman–Crippen MR) is 135 cm³/mol. The van der Waals surface area contributed by atoms with E-state index >= 15 is 0 Å². The Morgan fingerprint density at radius 3 is 2.64 bits per heavy atom. The molecule has 4 rings (SSSR count). The third-order valence-electron chi connectivity index (χ3n) is 5.58. The molecule has 0 amide bonds. The number of aryl methyl sites for hydroxylation is 3. The number of methoxy groups -OCH3 is 2. The van der Waals surface area contributed by atoms with Crippen LogP contribution >= 0.6 is 11.6 Å². The van der Waals surface area contributed by atoms with E-state index in [1.807, 2.05) is 55.9 Å². The molecule has 33 heavy (non-hydrogen) atoms. The summed E-state index contributed by atoms with van der Waals surface area (Å²) in [6.45, 7) is 5.24. The lowest BCUT2D eigenvalue weighted by Crippen LogP contribution is -2.23. The lowest BCUT2D eigenvalue weighted by molar-refractivity contribution is 0.207. The van der Waals surface area contributed by atoms with Gasteiger partial charge in [0.15, 0.2) is 0 Å². The van der Waals surface area contributed by atoms with E-state index in [0.717, 1.165) is 39.4 Å². The zero-order valence-electron chi connectivity index (χ0n) is 19.5. The fourth-order valence-electron chi connectivity index (χ4n) is 3.88. The molecule has 0 aliphatic heterocycles. The van der Waals surface area contributed by atoms with Crippen LogP contribution in [0.4, 0.5) is 23.1 Å². The molecule has 0 saturated carbocycles. The van der Waals surface area contributed by atoms with Gasteiger partial charge in [0.2, 0.25) is 5.95 Å². The van der Waals surface area contributed by atoms with Crippen molar-refractivity contribution >= 4 is 45.8 Å². The van der Waals surface area contributed by atoms with E-state index in [2.05, 4.69) is 27.3 Å². The molecule has 0 spiro atoms. The van der Waals surface area contributed by atoms with Crippen LogP contribution in [-0.2, 0) is 11.8 Å². The van der Waals surface area contributed by atoms with Crippen molar-refractivity contribution in [2.45, 2.75) is 13.8 Å². The minimum absolute atomic E-state index is 0.566. The van der Waals surface area contributed by atoms with Crippen LogP contribution in [0.25, 0.3) is 11.0 Å². The molecule has 7 nitrogen and oxygen atoms in total. The van der Waals surface area contributed by atoms with Gasteiger partial charge in [-0.05, 0) is 49.2 Å². The van der Waals surface area contributed by atoms with E-state index in [-0.39, 0.29) is 0 Å². The van der Waals surface area contributed by atoms with Gasteiger partial charge in [-0.1, -0.05) is 23.7 Å². The number of fused-ring (bicyclic) bond motifs is 1. The quantitative estimate of drug-likeness (QED) is 0.356. The highest BCUT2D eigenvalue weighted by atomic mass is 35.5. The lowest BCUT2D eigenvalue weighted by Gasteiger charge is -2.25. The molecule has 0 aliphatic carbocycles. The van der Waals surface area contributed by atoms with Crippen molar-refractivity contribution in [1.29, 1.82) is 0 Å². The van der Waals surface area contributed by atoms with Gasteiger partial charge in [0.05, 0.1) is 36.1 Å². The fourth-order valence-corrected chi connectivity index (χ4v) is 4.15. The van der Waals surface area contributed by atoms with E-state index in [9.17, 15) is 0 Å². The van der Waals surface area contributed by atoms with Gasteiger partial charge in [-0.3, -0.25) is 0 Å². The Hall–Kier alpha value is -3.29. The summed E-state index contributed by atoms with van der Waals surface area (Å²) in [6, 6.07) is 13.9. The number of aromatic nitrogens is 3. The van der Waals surface area contributed by atoms with Crippen LogP contribution in [0.2, 0.25) is 5.02 Å². The number of anilines is 4. The molecule has 0 unspecified atom stereocenters. The van der Waals surface area contributed by atoms with Gasteiger partial charge >= 0.3 is 0 Å². The van der Waals surface area contributed by atoms with E-state index in [0.29, 0.717) is 29.9 Å². The summed E-state index contributed by atoms with van der Waals surface area (Å²) in [6.07, 6.45) is 1.88. The van der Waals surface area contributed by atoms with Crippen molar-refractivity contribution in [2.75, 3.05) is 37.6 Å². The van der Waals surface area contributed by atoms with Crippen molar-refractivity contribution in [3.63, 3.8) is 0 Å². The lowest BCUT2D eigenvalue weighted by atomic mass is 10.2. The number of hydrogen-bond donors (Lipinski definition) is 1. The van der Waals surface area contributed by atoms with E-state index in [4.69, 9.17) is 26.1 Å². The molecule has 0 aliphatic rings. The summed E-state index contributed by atoms with van der Waals surface area (Å²) in [5.41, 5.74) is 5.78. The second-order valence-corrected chi connectivity index (χ2v) is 8.34. The van der Waals surface area contributed by atoms with Crippen LogP contribution in [-0.4, -0.2) is 41.9 Å². The molecule has 0 radical (unpaired) electrons. The highest BCUT2D eigenvalue weighted by molar-refractivity contribution is 6.31. The van der Waals surface area contributed by atoms with E-state index in [1.54, 1.807) is 20.3 Å². The van der Waals surface area contributed by atoms with Gasteiger partial charge in [-0.25, -0.2) is 9.97 Å². The molecule has 2 heterocycles. The van der Waals surface area contributed by atoms with Gasteiger partial charge in [-0.15, -0.1) is 0 Å². The Balaban J connectivity index is 1.81. The minimum Gasteiger partial charge on any atom is -0.495 e. The van der Waals surface area contributed by atoms with E-state index in [1.165, 1.54) is 0 Å². The molecular weight excluding hydrogens is 438 g/mol. The van der Waals surface area contributed by atoms with Crippen LogP contribution in [0.15, 0.2) is 48.7 Å². The summed E-state index contributed by atoms with van der Waals surface area (Å²) >= 11 is 6.21. The second-order valence-electron chi connectivity index (χ2n) is 7.90. The first-order valence-electron chi connectivity index (χ1n) is 10.7. The molecule has 2 aromatic carbocycles. The number of pyridine rings is 1. The number of nitrogens with zero attached hydrogens (tertiary/aromatic N) is 4. The Labute approximate surface area is 198 Å². The zero-order chi connectivity index (χ0) is 23.5. The predicted octanol–water partition coefficient (Wildman–Crippen LogP) is 5.78. The molecule has 0 atom stereocenters. The SMILES string of the molecule is COCCN(c1ccc(C)cn1)c1cccc2nc(Nc3c(C)cc(Cl)cc3OC)n(C)c12. The van der Waals surface area contributed by atoms with Gasteiger partial charge < -0.3 is 24.3 Å². The molecule has 8 heteroatoms. The number of ether oxygens (including phenoxy) is 2. The number of halogens is 1. The molecule has 4 aromatic rings. The number of imidazole rings is 1. The smallest absolute Gasteiger partial charge is 0.208 e. The first-order chi connectivity index (χ1) is 15.9. The second kappa shape index (κ2) is 9.68. The molecular formula is C25H28ClN5O2. The van der Waals surface area contributed by atoms with Crippen LogP contribution < -0.4 is 15.0 Å². The molecule has 0 saturated heterocycles. The van der Waals surface area contributed by atoms with Crippen LogP contribution in [0.1, 0.15) is 11.1 Å². The first-order valence-corrected chi connectivity index (χ1v) is 11.1. The van der Waals surface area contributed by atoms with Crippen molar-refractivity contribution in [2.24, 2.45) is 7.05 Å². The van der Waals surface area contributed by atoms with Crippen molar-refractivity contribution in [3.8, 4) is 5.75 Å². The van der Waals surface area contributed by atoms with Crippen LogP contribution in [0, 0.1) is 13.8 Å². The highest BCUT2D eigenvalue weighted by Crippen LogP contribution is 2.37. The van der Waals surface area contributed by atoms with Crippen molar-refractivity contribution in [3.05, 3.63) is 64.8 Å². The monoisotopic (exact) mass is 465 g/mol. The summed E-state index contributed by atoms with van der Waals surface area (Å²) < 4.78 is 13.0. The molecule has 1 N–H and O–H groups in total. The molecule has 2 aromatic heterocycles. The largest absolute Gasteiger partial charge is 0.495 e. The van der Waals surface area contributed by atoms with Crippen LogP contribution in [0.3, 0.4) is 0 Å². The third-order valence-corrected chi connectivity index (χ3v) is 5.79. The average molecular weight is 466 g/mol. The summed E-state index contributed by atoms with van der Waals surface area (Å²) in [5, 5.41) is 4.07. The standard InChI is InChI=1S/C25H28ClN5O2/c1-16-9-10-22(27-15-16)31(11-12-32-4)20-8-6-7-19-24(20)30(3)25(28-19)29-23-17(2)13-18(26)14-21(23)33-5/h6-10,13-15H,11-12H2,1-5H3,(H,28,29). The maximum absolute atomic E-state index is 6.21. The Bertz CT molecular complexity index is 1270. The third kappa shape index (κ3) is 4.60. The number of para-hydroxylation sites is 1. The zero-order valence-corrected chi connectivity index (χ0v) is 20.3. The number of hydrogen-bond acceptors (Lipinski definition) is 6. The fraction of sp³-hybridized carbons (Fsp3) is 0.280. The summed E-state index contributed by atoms with van der Waals surface area (Å²) in [5.74, 6) is 2.22. The Morgan fingerprint density at radius 2 is 1.94 bits per heavy atom. The van der Waals surface area contributed by atoms with Gasteiger partial charge in [0.25, 0.3) is 0 Å². The van der Waals surface area contributed by atoms with Gasteiger partial charge in [-0.2, -0.15) is 0 Å². The van der Waals surface area contributed by atoms with Crippen molar-refractivity contribution in [1.82, 2.24) is 14.5 Å². The normalized spacial score (nSPS) is 11.1. The molecule has 0 fully saturated rings. The number of benzene rings is 2. The molecule has 0 bridgehead atoms. The van der Waals surface area contributed by atoms with Crippen LogP contribution in [0.5, 0.6) is 5.75 Å². The molecule has 172 valence electrons. The Kier molecular flexibility index (Phi) is 6.72. The van der Waals surface area contributed by atoms with E-state index < -0.39 is 0 Å². The minimum atomic E-state index is 0.566. The Morgan fingerprint density at radius 1 is 1.12 bits per heavy atom. The number of nitrogens with one attached hydrogen (secondary N) is 1. The maximum atomic E-state index is 6.21. The van der Waals surface area contributed by atoms with Crippen molar-refractivity contribution < 1.29 is 9.47 Å². The highest BCUT2D eigenvalue weighted by Gasteiger charge is 2.19. The van der Waals surface area contributed by atoms with Gasteiger partial charge in [0.1, 0.15) is 11.6 Å². The summed E-state index contributed by atoms with van der Waals surface area (Å²) in [4.78, 5) is 11.7. The maximum Gasteiger partial charge on any atom is 0.208 e. The average Bonchev–Trinajstić information content (AvgIpc) is 3.12. The topological polar surface area (TPSA) is 64.4 Å². The number of rotatable bonds is 8. The first kappa shape index (κ1) is 22.9. The van der Waals surface area contributed by atoms with Gasteiger partial charge in [0, 0.05) is 38.0 Å². The summed E-state index contributed by atoms with van der Waals surface area (Å²) in [7, 11) is 5.33.